The smallest absolute Gasteiger partial charge is 0.322 e. The van der Waals surface area contributed by atoms with Gasteiger partial charge in [-0.3, -0.25) is 4.79 Å². The molecular weight excluding hydrogens is 222 g/mol. The van der Waals surface area contributed by atoms with Crippen molar-refractivity contribution < 1.29 is 18.3 Å². The number of carboxylic acids is 1. The monoisotopic (exact) mass is 233 g/mol. The van der Waals surface area contributed by atoms with Crippen LogP contribution in [-0.4, -0.2) is 41.8 Å². The van der Waals surface area contributed by atoms with Gasteiger partial charge in [0.2, 0.25) is 10.0 Å². The summed E-state index contributed by atoms with van der Waals surface area (Å²) in [5.74, 6) is -1.23. The molecule has 0 aromatic carbocycles. The normalized spacial score (nSPS) is 13.7. The van der Waals surface area contributed by atoms with Gasteiger partial charge in [-0.1, -0.05) is 0 Å². The van der Waals surface area contributed by atoms with E-state index < -0.39 is 22.0 Å². The van der Waals surface area contributed by atoms with Crippen molar-refractivity contribution in [2.75, 3.05) is 6.26 Å². The SMILES string of the molecule is CS(=O)(=O)N[C@@H](Cc1cnc[nH]1)C(=O)O. The van der Waals surface area contributed by atoms with Gasteiger partial charge in [-0.15, -0.1) is 0 Å². The molecule has 0 radical (unpaired) electrons. The topological polar surface area (TPSA) is 112 Å². The number of carboxylic acid groups (broad SMARTS) is 1. The first-order chi connectivity index (χ1) is 6.88. The number of aromatic amines is 1. The van der Waals surface area contributed by atoms with Gasteiger partial charge in [0.25, 0.3) is 0 Å². The lowest BCUT2D eigenvalue weighted by atomic mass is 10.2. The first-order valence-corrected chi connectivity index (χ1v) is 5.95. The third-order valence-corrected chi connectivity index (χ3v) is 2.35. The van der Waals surface area contributed by atoms with E-state index in [1.807, 2.05) is 4.72 Å². The Bertz CT molecular complexity index is 425. The molecule has 0 amide bonds. The Hall–Kier alpha value is -1.41. The van der Waals surface area contributed by atoms with Crippen molar-refractivity contribution in [2.45, 2.75) is 12.5 Å². The van der Waals surface area contributed by atoms with Gasteiger partial charge >= 0.3 is 5.97 Å². The Labute approximate surface area is 86.6 Å². The van der Waals surface area contributed by atoms with Crippen molar-refractivity contribution in [3.63, 3.8) is 0 Å². The number of sulfonamides is 1. The minimum Gasteiger partial charge on any atom is -0.480 e. The molecule has 0 aliphatic rings. The second-order valence-electron chi connectivity index (χ2n) is 3.06. The second kappa shape index (κ2) is 4.41. The van der Waals surface area contributed by atoms with Gasteiger partial charge in [-0.25, -0.2) is 18.1 Å². The average Bonchev–Trinajstić information content (AvgIpc) is 2.52. The van der Waals surface area contributed by atoms with E-state index in [0.717, 1.165) is 6.26 Å². The number of carbonyl (C=O) groups is 1. The van der Waals surface area contributed by atoms with Gasteiger partial charge < -0.3 is 10.1 Å². The fraction of sp³-hybridized carbons (Fsp3) is 0.429. The fourth-order valence-electron chi connectivity index (χ4n) is 1.05. The zero-order valence-corrected chi connectivity index (χ0v) is 8.78. The lowest BCUT2D eigenvalue weighted by Crippen LogP contribution is -2.41. The molecule has 15 heavy (non-hydrogen) atoms. The maximum absolute atomic E-state index is 10.9. The molecule has 0 aliphatic carbocycles. The first-order valence-electron chi connectivity index (χ1n) is 4.06. The molecular formula is C7H11N3O4S. The number of nitrogens with one attached hydrogen (secondary N) is 2. The molecule has 1 heterocycles. The van der Waals surface area contributed by atoms with Crippen LogP contribution in [-0.2, 0) is 21.2 Å². The number of H-pyrrole nitrogens is 1. The fourth-order valence-corrected chi connectivity index (χ4v) is 1.76. The summed E-state index contributed by atoms with van der Waals surface area (Å²) in [7, 11) is -3.54. The van der Waals surface area contributed by atoms with Gasteiger partial charge in [0.1, 0.15) is 6.04 Å². The van der Waals surface area contributed by atoms with Crippen LogP contribution in [0.1, 0.15) is 5.69 Å². The first kappa shape index (κ1) is 11.7. The maximum atomic E-state index is 10.9. The molecule has 0 bridgehead atoms. The quantitative estimate of drug-likeness (QED) is 0.601. The molecule has 3 N–H and O–H groups in total. The van der Waals surface area contributed by atoms with Gasteiger partial charge in [-0.2, -0.15) is 0 Å². The summed E-state index contributed by atoms with van der Waals surface area (Å²) in [5.41, 5.74) is 0.554. The molecule has 0 aliphatic heterocycles. The van der Waals surface area contributed by atoms with E-state index in [1.54, 1.807) is 0 Å². The Morgan fingerprint density at radius 3 is 2.80 bits per heavy atom. The van der Waals surface area contributed by atoms with E-state index >= 15 is 0 Å². The van der Waals surface area contributed by atoms with E-state index in [-0.39, 0.29) is 6.42 Å². The molecule has 0 fully saturated rings. The Kier molecular flexibility index (Phi) is 3.43. The Morgan fingerprint density at radius 1 is 1.73 bits per heavy atom. The zero-order valence-electron chi connectivity index (χ0n) is 7.97. The third-order valence-electron chi connectivity index (χ3n) is 1.63. The summed E-state index contributed by atoms with van der Waals surface area (Å²) >= 11 is 0. The summed E-state index contributed by atoms with van der Waals surface area (Å²) < 4.78 is 23.8. The van der Waals surface area contributed by atoms with Crippen LogP contribution >= 0.6 is 0 Å². The van der Waals surface area contributed by atoms with Gasteiger partial charge in [0, 0.05) is 18.3 Å². The molecule has 0 spiro atoms. The lowest BCUT2D eigenvalue weighted by molar-refractivity contribution is -0.138. The van der Waals surface area contributed by atoms with E-state index in [4.69, 9.17) is 5.11 Å². The van der Waals surface area contributed by atoms with Crippen LogP contribution in [0.3, 0.4) is 0 Å². The summed E-state index contributed by atoms with van der Waals surface area (Å²) in [6.45, 7) is 0. The van der Waals surface area contributed by atoms with Crippen molar-refractivity contribution >= 4 is 16.0 Å². The summed E-state index contributed by atoms with van der Waals surface area (Å²) in [4.78, 5) is 17.1. The van der Waals surface area contributed by atoms with Crippen molar-refractivity contribution in [2.24, 2.45) is 0 Å². The predicted octanol–water partition coefficient (Wildman–Crippen LogP) is -1.05. The van der Waals surface area contributed by atoms with E-state index in [2.05, 4.69) is 9.97 Å². The van der Waals surface area contributed by atoms with Crippen LogP contribution in [0.5, 0.6) is 0 Å². The van der Waals surface area contributed by atoms with Crippen LogP contribution in [0.4, 0.5) is 0 Å². The third kappa shape index (κ3) is 4.09. The van der Waals surface area contributed by atoms with E-state index in [1.165, 1.54) is 12.5 Å². The van der Waals surface area contributed by atoms with Crippen LogP contribution in [0.2, 0.25) is 0 Å². The highest BCUT2D eigenvalue weighted by molar-refractivity contribution is 7.88. The van der Waals surface area contributed by atoms with Crippen LogP contribution in [0.15, 0.2) is 12.5 Å². The van der Waals surface area contributed by atoms with E-state index in [9.17, 15) is 13.2 Å². The summed E-state index contributed by atoms with van der Waals surface area (Å²) in [5, 5.41) is 8.77. The molecule has 7 nitrogen and oxygen atoms in total. The number of imidazole rings is 1. The predicted molar refractivity (Wildman–Crippen MR) is 51.7 cm³/mol. The van der Waals surface area contributed by atoms with Crippen LogP contribution in [0.25, 0.3) is 0 Å². The standard InChI is InChI=1S/C7H11N3O4S/c1-15(13,14)10-6(7(11)12)2-5-3-8-4-9-5/h3-4,6,10H,2H2,1H3,(H,8,9)(H,11,12)/t6-/m0/s1. The van der Waals surface area contributed by atoms with E-state index in [0.29, 0.717) is 5.69 Å². The summed E-state index contributed by atoms with van der Waals surface area (Å²) in [6.07, 6.45) is 3.78. The van der Waals surface area contributed by atoms with Crippen molar-refractivity contribution in [1.29, 1.82) is 0 Å². The molecule has 1 aromatic heterocycles. The molecule has 1 aromatic rings. The molecule has 8 heteroatoms. The van der Waals surface area contributed by atoms with Gasteiger partial charge in [0.05, 0.1) is 12.6 Å². The lowest BCUT2D eigenvalue weighted by Gasteiger charge is -2.11. The van der Waals surface area contributed by atoms with Crippen molar-refractivity contribution in [1.82, 2.24) is 14.7 Å². The summed E-state index contributed by atoms with van der Waals surface area (Å²) in [6, 6.07) is -1.18. The number of hydrogen-bond donors (Lipinski definition) is 3. The highest BCUT2D eigenvalue weighted by Crippen LogP contribution is 1.99. The number of aliphatic carboxylic acids is 1. The Morgan fingerprint density at radius 2 is 2.40 bits per heavy atom. The highest BCUT2D eigenvalue weighted by atomic mass is 32.2. The van der Waals surface area contributed by atoms with Crippen LogP contribution in [0, 0.1) is 0 Å². The maximum Gasteiger partial charge on any atom is 0.322 e. The minimum atomic E-state index is -3.54. The Balaban J connectivity index is 2.72. The molecule has 1 rings (SSSR count). The highest BCUT2D eigenvalue weighted by Gasteiger charge is 2.22. The average molecular weight is 233 g/mol. The number of rotatable bonds is 5. The largest absolute Gasteiger partial charge is 0.480 e. The van der Waals surface area contributed by atoms with Crippen LogP contribution < -0.4 is 4.72 Å². The molecule has 0 saturated heterocycles. The molecule has 0 unspecified atom stereocenters. The van der Waals surface area contributed by atoms with Gasteiger partial charge in [0.15, 0.2) is 0 Å². The van der Waals surface area contributed by atoms with Crippen molar-refractivity contribution in [3.8, 4) is 0 Å². The second-order valence-corrected chi connectivity index (χ2v) is 4.84. The van der Waals surface area contributed by atoms with Gasteiger partial charge in [-0.05, 0) is 0 Å². The number of nitrogens with zero attached hydrogens (tertiary/aromatic N) is 1. The number of hydrogen-bond acceptors (Lipinski definition) is 4. The van der Waals surface area contributed by atoms with Crippen molar-refractivity contribution in [3.05, 3.63) is 18.2 Å². The molecule has 0 saturated carbocycles. The molecule has 84 valence electrons. The number of aromatic nitrogens is 2. The molecule has 1 atom stereocenters. The minimum absolute atomic E-state index is 0.0302. The zero-order chi connectivity index (χ0) is 11.5.